The van der Waals surface area contributed by atoms with E-state index in [9.17, 15) is 0 Å². The molecule has 2 aromatic carbocycles. The Balaban J connectivity index is 1.60. The topological polar surface area (TPSA) is 3.88 Å². The molecule has 1 heteroatoms. The largest absolute Gasteiger partial charge is 0.213 e. The number of nitrogens with zero attached hydrogens (tertiary/aromatic N) is 1. The summed E-state index contributed by atoms with van der Waals surface area (Å²) in [6.07, 6.45) is 11.2. The van der Waals surface area contributed by atoms with Crippen molar-refractivity contribution in [1.29, 1.82) is 0 Å². The van der Waals surface area contributed by atoms with Crippen molar-refractivity contribution in [3.05, 3.63) is 64.2 Å². The number of fused-ring (bicyclic) bond motifs is 2. The normalized spacial score (nSPS) is 18.2. The first-order chi connectivity index (χ1) is 14.0. The van der Waals surface area contributed by atoms with Crippen molar-refractivity contribution >= 4 is 10.9 Å². The van der Waals surface area contributed by atoms with Crippen molar-refractivity contribution in [3.63, 3.8) is 0 Å². The third-order valence-corrected chi connectivity index (χ3v) is 7.98. The fraction of sp³-hybridized carbons (Fsp3) is 0.464. The molecule has 1 nitrogen and oxygen atoms in total. The van der Waals surface area contributed by atoms with Crippen molar-refractivity contribution in [2.45, 2.75) is 72.1 Å². The van der Waals surface area contributed by atoms with Crippen LogP contribution in [0.25, 0.3) is 22.2 Å². The Kier molecular flexibility index (Phi) is 4.53. The lowest BCUT2D eigenvalue weighted by Gasteiger charge is -2.41. The number of aryl methyl sites for hydroxylation is 4. The minimum atomic E-state index is 0.608. The maximum Gasteiger partial charge on any atom is 0.213 e. The summed E-state index contributed by atoms with van der Waals surface area (Å²) in [5, 5.41) is 1.39. The molecule has 2 aliphatic carbocycles. The van der Waals surface area contributed by atoms with E-state index >= 15 is 0 Å². The zero-order valence-electron chi connectivity index (χ0n) is 18.6. The van der Waals surface area contributed by atoms with Gasteiger partial charge in [-0.1, -0.05) is 30.9 Å². The molecular formula is C28H34N+. The highest BCUT2D eigenvalue weighted by Crippen LogP contribution is 2.46. The molecule has 5 rings (SSSR count). The van der Waals surface area contributed by atoms with Crippen LogP contribution in [-0.4, -0.2) is 0 Å². The number of benzene rings is 2. The molecule has 0 saturated heterocycles. The number of rotatable bonds is 1. The van der Waals surface area contributed by atoms with Crippen LogP contribution in [0.3, 0.4) is 0 Å². The van der Waals surface area contributed by atoms with Crippen LogP contribution < -0.4 is 4.57 Å². The Morgan fingerprint density at radius 2 is 1.62 bits per heavy atom. The van der Waals surface area contributed by atoms with Gasteiger partial charge in [-0.3, -0.25) is 0 Å². The molecule has 1 fully saturated rings. The van der Waals surface area contributed by atoms with E-state index in [2.05, 4.69) is 68.8 Å². The Hall–Kier alpha value is -2.15. The third kappa shape index (κ3) is 3.19. The Morgan fingerprint density at radius 1 is 0.828 bits per heavy atom. The van der Waals surface area contributed by atoms with E-state index in [1.54, 1.807) is 11.1 Å². The van der Waals surface area contributed by atoms with E-state index in [0.29, 0.717) is 5.41 Å². The number of aromatic nitrogens is 1. The second-order valence-corrected chi connectivity index (χ2v) is 9.95. The molecule has 2 aliphatic rings. The second-order valence-electron chi connectivity index (χ2n) is 9.95. The lowest BCUT2D eigenvalue weighted by molar-refractivity contribution is -0.633. The van der Waals surface area contributed by atoms with Gasteiger partial charge in [-0.2, -0.15) is 4.57 Å². The molecule has 1 heterocycles. The van der Waals surface area contributed by atoms with Crippen molar-refractivity contribution < 1.29 is 4.57 Å². The first-order valence-corrected chi connectivity index (χ1v) is 11.5. The van der Waals surface area contributed by atoms with Crippen LogP contribution in [0, 0.1) is 26.2 Å². The summed E-state index contributed by atoms with van der Waals surface area (Å²) in [6.45, 7) is 6.68. The SMILES string of the molecule is Cc1cc(C)c(C)c(-c2ccc3cc4c(cc3[n+]2C)CCC2(CCCCC2)C4)c1. The van der Waals surface area contributed by atoms with Crippen LogP contribution in [0.5, 0.6) is 0 Å². The highest BCUT2D eigenvalue weighted by atomic mass is 14.9. The van der Waals surface area contributed by atoms with Gasteiger partial charge in [-0.15, -0.1) is 0 Å². The molecule has 0 unspecified atom stereocenters. The van der Waals surface area contributed by atoms with Crippen molar-refractivity contribution in [1.82, 2.24) is 0 Å². The fourth-order valence-corrected chi connectivity index (χ4v) is 6.12. The van der Waals surface area contributed by atoms with Crippen molar-refractivity contribution in [2.24, 2.45) is 12.5 Å². The maximum absolute atomic E-state index is 2.51. The molecule has 0 N–H and O–H groups in total. The van der Waals surface area contributed by atoms with Crippen molar-refractivity contribution in [3.8, 4) is 11.3 Å². The summed E-state index contributed by atoms with van der Waals surface area (Å²) < 4.78 is 2.42. The molecule has 0 aliphatic heterocycles. The molecule has 1 saturated carbocycles. The van der Waals surface area contributed by atoms with Gasteiger partial charge < -0.3 is 0 Å². The van der Waals surface area contributed by atoms with Gasteiger partial charge >= 0.3 is 0 Å². The van der Waals surface area contributed by atoms with Gasteiger partial charge in [0.05, 0.1) is 0 Å². The molecule has 3 aromatic rings. The van der Waals surface area contributed by atoms with E-state index in [1.165, 1.54) is 90.2 Å². The molecule has 0 bridgehead atoms. The summed E-state index contributed by atoms with van der Waals surface area (Å²) in [5.74, 6) is 0. The number of hydrogen-bond donors (Lipinski definition) is 0. The second kappa shape index (κ2) is 6.97. The standard InChI is InChI=1S/C28H34N/c1-19-14-20(2)21(3)25(15-19)26-9-8-23-16-24-18-28(11-6-5-7-12-28)13-10-22(24)17-27(23)29(26)4/h8-9,14-17H,5-7,10-13,18H2,1-4H3/q+1. The van der Waals surface area contributed by atoms with E-state index in [0.717, 1.165) is 0 Å². The maximum atomic E-state index is 2.51. The molecule has 150 valence electrons. The molecule has 29 heavy (non-hydrogen) atoms. The van der Waals surface area contributed by atoms with Crippen LogP contribution in [0.2, 0.25) is 0 Å². The van der Waals surface area contributed by atoms with Gasteiger partial charge in [0.15, 0.2) is 0 Å². The Labute approximate surface area is 175 Å². The van der Waals surface area contributed by atoms with Crippen molar-refractivity contribution in [2.75, 3.05) is 0 Å². The Morgan fingerprint density at radius 3 is 2.41 bits per heavy atom. The van der Waals surface area contributed by atoms with Crippen LogP contribution in [0.4, 0.5) is 0 Å². The smallest absolute Gasteiger partial charge is 0.194 e. The molecule has 1 spiro atoms. The lowest BCUT2D eigenvalue weighted by atomic mass is 9.64. The van der Waals surface area contributed by atoms with Crippen LogP contribution in [-0.2, 0) is 19.9 Å². The monoisotopic (exact) mass is 384 g/mol. The fourth-order valence-electron chi connectivity index (χ4n) is 6.12. The van der Waals surface area contributed by atoms with Gasteiger partial charge in [0.25, 0.3) is 0 Å². The molecular weight excluding hydrogens is 350 g/mol. The van der Waals surface area contributed by atoms with Gasteiger partial charge in [-0.25, -0.2) is 0 Å². The summed E-state index contributed by atoms with van der Waals surface area (Å²) in [5.41, 5.74) is 12.0. The number of pyridine rings is 1. The zero-order valence-corrected chi connectivity index (χ0v) is 18.6. The minimum Gasteiger partial charge on any atom is -0.194 e. The highest BCUT2D eigenvalue weighted by molar-refractivity contribution is 5.80. The first kappa shape index (κ1) is 18.9. The van der Waals surface area contributed by atoms with E-state index in [-0.39, 0.29) is 0 Å². The summed E-state index contributed by atoms with van der Waals surface area (Å²) in [4.78, 5) is 0. The van der Waals surface area contributed by atoms with Crippen LogP contribution >= 0.6 is 0 Å². The minimum absolute atomic E-state index is 0.608. The first-order valence-electron chi connectivity index (χ1n) is 11.5. The third-order valence-electron chi connectivity index (χ3n) is 7.98. The van der Waals surface area contributed by atoms with E-state index in [1.807, 2.05) is 0 Å². The highest BCUT2D eigenvalue weighted by Gasteiger charge is 2.36. The average Bonchev–Trinajstić information content (AvgIpc) is 2.71. The Bertz CT molecular complexity index is 1100. The van der Waals surface area contributed by atoms with Crippen LogP contribution in [0.1, 0.15) is 66.3 Å². The van der Waals surface area contributed by atoms with E-state index in [4.69, 9.17) is 0 Å². The average molecular weight is 385 g/mol. The lowest BCUT2D eigenvalue weighted by Crippen LogP contribution is -2.34. The van der Waals surface area contributed by atoms with Gasteiger partial charge in [0.2, 0.25) is 11.2 Å². The van der Waals surface area contributed by atoms with Gasteiger partial charge in [0.1, 0.15) is 7.05 Å². The molecule has 0 radical (unpaired) electrons. The predicted octanol–water partition coefficient (Wildman–Crippen LogP) is 6.70. The predicted molar refractivity (Wildman–Crippen MR) is 122 cm³/mol. The van der Waals surface area contributed by atoms with Gasteiger partial charge in [0, 0.05) is 23.1 Å². The van der Waals surface area contributed by atoms with Crippen LogP contribution in [0.15, 0.2) is 36.4 Å². The van der Waals surface area contributed by atoms with E-state index < -0.39 is 0 Å². The zero-order chi connectivity index (χ0) is 20.2. The summed E-state index contributed by atoms with van der Waals surface area (Å²) >= 11 is 0. The summed E-state index contributed by atoms with van der Waals surface area (Å²) in [6, 6.07) is 14.3. The quantitative estimate of drug-likeness (QED) is 0.411. The molecule has 0 amide bonds. The van der Waals surface area contributed by atoms with Gasteiger partial charge in [-0.05, 0) is 98.7 Å². The molecule has 1 aromatic heterocycles. The summed E-state index contributed by atoms with van der Waals surface area (Å²) in [7, 11) is 2.24. The number of hydrogen-bond acceptors (Lipinski definition) is 0. The molecule has 0 atom stereocenters.